The predicted octanol–water partition coefficient (Wildman–Crippen LogP) is 0.901. The molecule has 0 saturated carbocycles. The molecule has 5 heteroatoms. The van der Waals surface area contributed by atoms with Crippen LogP contribution in [0.4, 0.5) is 0 Å². The van der Waals surface area contributed by atoms with E-state index in [1.165, 1.54) is 17.8 Å². The Balaban J connectivity index is 2.67. The van der Waals surface area contributed by atoms with Crippen molar-refractivity contribution >= 4 is 5.91 Å². The number of aryl methyl sites for hydroxylation is 1. The number of carbonyl (C=O) groups is 1. The van der Waals surface area contributed by atoms with Gasteiger partial charge in [0.25, 0.3) is 11.5 Å². The summed E-state index contributed by atoms with van der Waals surface area (Å²) < 4.78 is 1.24. The van der Waals surface area contributed by atoms with Crippen molar-refractivity contribution in [2.24, 2.45) is 0 Å². The second-order valence-electron chi connectivity index (χ2n) is 3.83. The molecular weight excluding hydrogens is 230 g/mol. The molecule has 0 fully saturated rings. The summed E-state index contributed by atoms with van der Waals surface area (Å²) in [4.78, 5) is 23.8. The largest absolute Gasteiger partial charge is 0.355 e. The van der Waals surface area contributed by atoms with Crippen molar-refractivity contribution in [1.82, 2.24) is 15.1 Å². The molecule has 1 aromatic carbocycles. The van der Waals surface area contributed by atoms with E-state index >= 15 is 0 Å². The molecule has 1 heterocycles. The molecule has 0 saturated heterocycles. The Kier molecular flexibility index (Phi) is 3.23. The highest BCUT2D eigenvalue weighted by molar-refractivity contribution is 5.93. The topological polar surface area (TPSA) is 64.0 Å². The van der Waals surface area contributed by atoms with Crippen LogP contribution in [0.25, 0.3) is 5.69 Å². The third-order valence-corrected chi connectivity index (χ3v) is 2.51. The van der Waals surface area contributed by atoms with Crippen LogP contribution in [0.5, 0.6) is 0 Å². The van der Waals surface area contributed by atoms with Crippen molar-refractivity contribution in [2.75, 3.05) is 7.05 Å². The van der Waals surface area contributed by atoms with Crippen LogP contribution < -0.4 is 10.9 Å². The molecule has 1 amide bonds. The number of aromatic nitrogens is 2. The van der Waals surface area contributed by atoms with Crippen molar-refractivity contribution < 1.29 is 4.79 Å². The third-order valence-electron chi connectivity index (χ3n) is 2.51. The molecule has 1 aromatic heterocycles. The van der Waals surface area contributed by atoms with Gasteiger partial charge >= 0.3 is 0 Å². The minimum absolute atomic E-state index is 0.0915. The van der Waals surface area contributed by atoms with Gasteiger partial charge in [-0.2, -0.15) is 9.78 Å². The zero-order valence-electron chi connectivity index (χ0n) is 10.2. The number of nitrogens with zero attached hydrogens (tertiary/aromatic N) is 2. The van der Waals surface area contributed by atoms with E-state index in [1.807, 2.05) is 18.2 Å². The highest BCUT2D eigenvalue weighted by Gasteiger charge is 2.13. The Morgan fingerprint density at radius 2 is 1.94 bits per heavy atom. The van der Waals surface area contributed by atoms with E-state index in [9.17, 15) is 9.59 Å². The van der Waals surface area contributed by atoms with Crippen LogP contribution in [0.1, 0.15) is 16.1 Å². The molecule has 0 aliphatic heterocycles. The van der Waals surface area contributed by atoms with Gasteiger partial charge in [0.15, 0.2) is 0 Å². The highest BCUT2D eigenvalue weighted by atomic mass is 16.2. The minimum Gasteiger partial charge on any atom is -0.355 e. The van der Waals surface area contributed by atoms with Crippen LogP contribution in [0.15, 0.2) is 41.2 Å². The fourth-order valence-electron chi connectivity index (χ4n) is 1.66. The van der Waals surface area contributed by atoms with Crippen molar-refractivity contribution in [2.45, 2.75) is 6.92 Å². The van der Waals surface area contributed by atoms with Crippen molar-refractivity contribution in [3.8, 4) is 5.69 Å². The molecule has 0 atom stereocenters. The molecule has 0 aliphatic rings. The lowest BCUT2D eigenvalue weighted by molar-refractivity contribution is 0.0961. The maximum Gasteiger partial charge on any atom is 0.284 e. The molecular formula is C13H13N3O2. The molecule has 2 rings (SSSR count). The molecule has 5 nitrogen and oxygen atoms in total. The van der Waals surface area contributed by atoms with Gasteiger partial charge < -0.3 is 5.32 Å². The van der Waals surface area contributed by atoms with E-state index in [0.717, 1.165) is 0 Å². The monoisotopic (exact) mass is 243 g/mol. The summed E-state index contributed by atoms with van der Waals surface area (Å²) in [6.07, 6.45) is 0. The summed E-state index contributed by atoms with van der Waals surface area (Å²) >= 11 is 0. The Morgan fingerprint density at radius 1 is 1.28 bits per heavy atom. The highest BCUT2D eigenvalue weighted by Crippen LogP contribution is 2.04. The van der Waals surface area contributed by atoms with Gasteiger partial charge in [0.2, 0.25) is 0 Å². The Hall–Kier alpha value is -2.43. The van der Waals surface area contributed by atoms with E-state index < -0.39 is 11.5 Å². The lowest BCUT2D eigenvalue weighted by atomic mass is 10.2. The number of amides is 1. The van der Waals surface area contributed by atoms with E-state index in [4.69, 9.17) is 0 Å². The molecule has 0 radical (unpaired) electrons. The summed E-state index contributed by atoms with van der Waals surface area (Å²) in [5.41, 5.74) is 0.911. The Bertz CT molecular complexity index is 632. The van der Waals surface area contributed by atoms with Crippen LogP contribution in [0.2, 0.25) is 0 Å². The smallest absolute Gasteiger partial charge is 0.284 e. The van der Waals surface area contributed by atoms with Gasteiger partial charge in [0, 0.05) is 7.05 Å². The predicted molar refractivity (Wildman–Crippen MR) is 68.0 cm³/mol. The number of rotatable bonds is 2. The van der Waals surface area contributed by atoms with E-state index in [0.29, 0.717) is 11.4 Å². The van der Waals surface area contributed by atoms with Gasteiger partial charge in [0.1, 0.15) is 5.56 Å². The van der Waals surface area contributed by atoms with E-state index in [1.54, 1.807) is 19.1 Å². The van der Waals surface area contributed by atoms with Crippen LogP contribution in [-0.2, 0) is 0 Å². The number of hydrogen-bond donors (Lipinski definition) is 1. The molecule has 18 heavy (non-hydrogen) atoms. The molecule has 1 N–H and O–H groups in total. The normalized spacial score (nSPS) is 10.1. The second-order valence-corrected chi connectivity index (χ2v) is 3.83. The average molecular weight is 243 g/mol. The van der Waals surface area contributed by atoms with Gasteiger partial charge in [-0.15, -0.1) is 0 Å². The summed E-state index contributed by atoms with van der Waals surface area (Å²) in [7, 11) is 1.49. The first-order valence-electron chi connectivity index (χ1n) is 5.52. The SMILES string of the molecule is CNC(=O)c1cc(C)nn(-c2ccccc2)c1=O. The lowest BCUT2D eigenvalue weighted by Crippen LogP contribution is -2.32. The summed E-state index contributed by atoms with van der Waals surface area (Å²) in [5.74, 6) is -0.407. The number of hydrogen-bond acceptors (Lipinski definition) is 3. The second kappa shape index (κ2) is 4.83. The Morgan fingerprint density at radius 3 is 2.56 bits per heavy atom. The first-order valence-corrected chi connectivity index (χ1v) is 5.52. The van der Waals surface area contributed by atoms with Crippen LogP contribution >= 0.6 is 0 Å². The van der Waals surface area contributed by atoms with Crippen LogP contribution in [0.3, 0.4) is 0 Å². The molecule has 0 spiro atoms. The van der Waals surface area contributed by atoms with Gasteiger partial charge in [0.05, 0.1) is 11.4 Å². The maximum absolute atomic E-state index is 12.2. The zero-order valence-corrected chi connectivity index (χ0v) is 10.2. The number of benzene rings is 1. The Labute approximate surface area is 104 Å². The van der Waals surface area contributed by atoms with Gasteiger partial charge in [-0.3, -0.25) is 9.59 Å². The zero-order chi connectivity index (χ0) is 13.1. The fourth-order valence-corrected chi connectivity index (χ4v) is 1.66. The standard InChI is InChI=1S/C13H13N3O2/c1-9-8-11(12(17)14-2)13(18)16(15-9)10-6-4-3-5-7-10/h3-8H,1-2H3,(H,14,17). The van der Waals surface area contributed by atoms with Crippen molar-refractivity contribution in [3.63, 3.8) is 0 Å². The number of para-hydroxylation sites is 1. The minimum atomic E-state index is -0.425. The average Bonchev–Trinajstić information content (AvgIpc) is 2.41. The summed E-state index contributed by atoms with van der Waals surface area (Å²) in [6.45, 7) is 1.74. The summed E-state index contributed by atoms with van der Waals surface area (Å²) in [6, 6.07) is 10.5. The van der Waals surface area contributed by atoms with Crippen LogP contribution in [0, 0.1) is 6.92 Å². The lowest BCUT2D eigenvalue weighted by Gasteiger charge is -2.07. The van der Waals surface area contributed by atoms with Gasteiger partial charge in [-0.25, -0.2) is 0 Å². The van der Waals surface area contributed by atoms with Gasteiger partial charge in [-0.05, 0) is 25.1 Å². The molecule has 2 aromatic rings. The first-order chi connectivity index (χ1) is 8.63. The molecule has 0 aliphatic carbocycles. The molecule has 0 unspecified atom stereocenters. The molecule has 0 bridgehead atoms. The van der Waals surface area contributed by atoms with Crippen LogP contribution in [-0.4, -0.2) is 22.7 Å². The fraction of sp³-hybridized carbons (Fsp3) is 0.154. The van der Waals surface area contributed by atoms with E-state index in [-0.39, 0.29) is 5.56 Å². The van der Waals surface area contributed by atoms with Gasteiger partial charge in [-0.1, -0.05) is 18.2 Å². The van der Waals surface area contributed by atoms with E-state index in [2.05, 4.69) is 10.4 Å². The number of nitrogens with one attached hydrogen (secondary N) is 1. The maximum atomic E-state index is 12.2. The van der Waals surface area contributed by atoms with Crippen molar-refractivity contribution in [3.05, 3.63) is 58.0 Å². The first kappa shape index (κ1) is 12.0. The quantitative estimate of drug-likeness (QED) is 0.852. The third kappa shape index (κ3) is 2.15. The molecule has 92 valence electrons. The van der Waals surface area contributed by atoms with Crippen molar-refractivity contribution in [1.29, 1.82) is 0 Å². The number of carbonyl (C=O) groups excluding carboxylic acids is 1. The summed E-state index contributed by atoms with van der Waals surface area (Å²) in [5, 5.41) is 6.59.